The van der Waals surface area contributed by atoms with Gasteiger partial charge in [0.2, 0.25) is 0 Å². The van der Waals surface area contributed by atoms with E-state index in [-0.39, 0.29) is 11.9 Å². The number of ether oxygens (including phenoxy) is 1. The highest BCUT2D eigenvalue weighted by Crippen LogP contribution is 2.46. The zero-order valence-corrected chi connectivity index (χ0v) is 12.7. The Morgan fingerprint density at radius 1 is 1.23 bits per heavy atom. The highest BCUT2D eigenvalue weighted by Gasteiger charge is 2.53. The third-order valence-corrected chi connectivity index (χ3v) is 5.15. The summed E-state index contributed by atoms with van der Waals surface area (Å²) in [6, 6.07) is 5.82. The van der Waals surface area contributed by atoms with Crippen molar-refractivity contribution in [3.05, 3.63) is 35.0 Å². The third-order valence-electron chi connectivity index (χ3n) is 5.15. The average molecular weight is 298 g/mol. The minimum absolute atomic E-state index is 0.176. The van der Waals surface area contributed by atoms with Gasteiger partial charge in [0.1, 0.15) is 11.3 Å². The van der Waals surface area contributed by atoms with Gasteiger partial charge >= 0.3 is 6.03 Å². The number of hydrogen-bond acceptors (Lipinski definition) is 3. The van der Waals surface area contributed by atoms with Crippen molar-refractivity contribution >= 4 is 17.5 Å². The minimum Gasteiger partial charge on any atom is -0.497 e. The quantitative estimate of drug-likeness (QED) is 0.810. The molecule has 0 bridgehead atoms. The van der Waals surface area contributed by atoms with Crippen LogP contribution in [0.4, 0.5) is 4.79 Å². The number of rotatable bonds is 1. The molecule has 0 spiro atoms. The van der Waals surface area contributed by atoms with Gasteiger partial charge in [0.15, 0.2) is 0 Å². The molecule has 1 aromatic rings. The second kappa shape index (κ2) is 4.35. The normalized spacial score (nSPS) is 26.4. The molecule has 3 amide bonds. The van der Waals surface area contributed by atoms with E-state index < -0.39 is 5.54 Å². The Morgan fingerprint density at radius 2 is 2.05 bits per heavy atom. The summed E-state index contributed by atoms with van der Waals surface area (Å²) in [7, 11) is 1.67. The van der Waals surface area contributed by atoms with E-state index in [1.54, 1.807) is 12.0 Å². The third kappa shape index (κ3) is 1.59. The number of nitrogens with one attached hydrogen (secondary N) is 1. The molecule has 5 heteroatoms. The smallest absolute Gasteiger partial charge is 0.329 e. The van der Waals surface area contributed by atoms with Crippen LogP contribution in [0.15, 0.2) is 23.9 Å². The van der Waals surface area contributed by atoms with Gasteiger partial charge in [-0.15, -0.1) is 0 Å². The molecule has 1 aromatic carbocycles. The van der Waals surface area contributed by atoms with Crippen molar-refractivity contribution in [3.8, 4) is 5.75 Å². The summed E-state index contributed by atoms with van der Waals surface area (Å²) in [6.07, 6.45) is 3.13. The first-order chi connectivity index (χ1) is 10.5. The summed E-state index contributed by atoms with van der Waals surface area (Å²) >= 11 is 0. The zero-order valence-electron chi connectivity index (χ0n) is 12.7. The van der Waals surface area contributed by atoms with E-state index in [9.17, 15) is 9.59 Å². The van der Waals surface area contributed by atoms with Crippen molar-refractivity contribution < 1.29 is 14.3 Å². The minimum atomic E-state index is -0.722. The topological polar surface area (TPSA) is 58.6 Å². The lowest BCUT2D eigenvalue weighted by Gasteiger charge is -2.41. The highest BCUT2D eigenvalue weighted by molar-refractivity contribution is 6.08. The monoisotopic (exact) mass is 298 g/mol. The maximum absolute atomic E-state index is 12.2. The number of nitrogens with zero attached hydrogens (tertiary/aromatic N) is 1. The highest BCUT2D eigenvalue weighted by atomic mass is 16.5. The van der Waals surface area contributed by atoms with Crippen LogP contribution in [-0.2, 0) is 11.2 Å². The number of allylic oxidation sites excluding steroid dienone is 2. The van der Waals surface area contributed by atoms with E-state index in [0.29, 0.717) is 6.42 Å². The molecule has 5 nitrogen and oxygen atoms in total. The Bertz CT molecular complexity index is 737. The molecule has 2 aliphatic heterocycles. The molecule has 0 radical (unpaired) electrons. The number of imide groups is 1. The largest absolute Gasteiger partial charge is 0.497 e. The van der Waals surface area contributed by atoms with Crippen LogP contribution in [0.25, 0.3) is 5.57 Å². The molecule has 0 unspecified atom stereocenters. The van der Waals surface area contributed by atoms with Crippen molar-refractivity contribution in [3.63, 3.8) is 0 Å². The fourth-order valence-corrected chi connectivity index (χ4v) is 3.91. The van der Waals surface area contributed by atoms with E-state index in [1.165, 1.54) is 16.7 Å². The molecule has 1 fully saturated rings. The number of amides is 3. The van der Waals surface area contributed by atoms with Crippen LogP contribution in [-0.4, -0.2) is 29.5 Å². The Kier molecular flexibility index (Phi) is 2.64. The van der Waals surface area contributed by atoms with Gasteiger partial charge < -0.3 is 4.74 Å². The Labute approximate surface area is 128 Å². The summed E-state index contributed by atoms with van der Waals surface area (Å²) < 4.78 is 5.30. The summed E-state index contributed by atoms with van der Waals surface area (Å²) in [4.78, 5) is 26.1. The number of urea groups is 1. The standard InChI is InChI=1S/C17H18N2O3/c1-17-8-7-13-12-5-4-11(22-2)9-10(12)3-6-14(13)19(17)16(21)18-15(17)20/h4-5,9H,3,6-8H2,1-2H3,(H,18,20,21)/t17-/m1/s1. The van der Waals surface area contributed by atoms with Crippen LogP contribution in [0.5, 0.6) is 5.75 Å². The van der Waals surface area contributed by atoms with Crippen molar-refractivity contribution in [1.82, 2.24) is 10.2 Å². The van der Waals surface area contributed by atoms with Gasteiger partial charge in [-0.1, -0.05) is 6.07 Å². The molecule has 3 aliphatic rings. The molecule has 114 valence electrons. The predicted molar refractivity (Wildman–Crippen MR) is 81.3 cm³/mol. The Hall–Kier alpha value is -2.30. The molecular weight excluding hydrogens is 280 g/mol. The maximum Gasteiger partial charge on any atom is 0.329 e. The van der Waals surface area contributed by atoms with Gasteiger partial charge in [0, 0.05) is 5.70 Å². The number of methoxy groups -OCH3 is 1. The van der Waals surface area contributed by atoms with Crippen molar-refractivity contribution in [1.29, 1.82) is 0 Å². The van der Waals surface area contributed by atoms with Gasteiger partial charge in [-0.25, -0.2) is 4.79 Å². The SMILES string of the molecule is COc1ccc2c(c1)CCC1=C2CC[C@]2(C)C(=O)NC(=O)N12. The van der Waals surface area contributed by atoms with Crippen LogP contribution in [0.3, 0.4) is 0 Å². The first-order valence-corrected chi connectivity index (χ1v) is 7.59. The molecule has 2 heterocycles. The molecule has 1 saturated heterocycles. The molecule has 1 atom stereocenters. The van der Waals surface area contributed by atoms with Crippen LogP contribution in [0, 0.1) is 0 Å². The van der Waals surface area contributed by atoms with Gasteiger partial charge in [-0.2, -0.15) is 0 Å². The van der Waals surface area contributed by atoms with Gasteiger partial charge in [0.25, 0.3) is 5.91 Å². The molecule has 0 aromatic heterocycles. The fourth-order valence-electron chi connectivity index (χ4n) is 3.91. The molecule has 0 saturated carbocycles. The molecule has 4 rings (SSSR count). The molecule has 22 heavy (non-hydrogen) atoms. The van der Waals surface area contributed by atoms with Crippen LogP contribution >= 0.6 is 0 Å². The van der Waals surface area contributed by atoms with Gasteiger partial charge in [0.05, 0.1) is 7.11 Å². The van der Waals surface area contributed by atoms with E-state index in [4.69, 9.17) is 4.74 Å². The summed E-state index contributed by atoms with van der Waals surface area (Å²) in [6.45, 7) is 1.86. The molecule has 1 N–H and O–H groups in total. The predicted octanol–water partition coefficient (Wildman–Crippen LogP) is 2.46. The van der Waals surface area contributed by atoms with E-state index in [1.807, 2.05) is 13.0 Å². The van der Waals surface area contributed by atoms with Gasteiger partial charge in [-0.3, -0.25) is 15.0 Å². The Balaban J connectivity index is 1.85. The molecular formula is C17H18N2O3. The first kappa shape index (κ1) is 13.4. The van der Waals surface area contributed by atoms with Gasteiger partial charge in [-0.05, 0) is 61.4 Å². The van der Waals surface area contributed by atoms with Crippen molar-refractivity contribution in [2.45, 2.75) is 38.1 Å². The van der Waals surface area contributed by atoms with Crippen LogP contribution < -0.4 is 10.1 Å². The van der Waals surface area contributed by atoms with Crippen molar-refractivity contribution in [2.24, 2.45) is 0 Å². The summed E-state index contributed by atoms with van der Waals surface area (Å²) in [5.74, 6) is 0.683. The summed E-state index contributed by atoms with van der Waals surface area (Å²) in [5, 5.41) is 2.47. The van der Waals surface area contributed by atoms with Crippen molar-refractivity contribution in [2.75, 3.05) is 7.11 Å². The zero-order chi connectivity index (χ0) is 15.5. The second-order valence-corrected chi connectivity index (χ2v) is 6.32. The van der Waals surface area contributed by atoms with E-state index >= 15 is 0 Å². The van der Waals surface area contributed by atoms with E-state index in [0.717, 1.165) is 30.7 Å². The lowest BCUT2D eigenvalue weighted by Crippen LogP contribution is -2.49. The number of carbonyl (C=O) groups excluding carboxylic acids is 2. The van der Waals surface area contributed by atoms with Crippen LogP contribution in [0.1, 0.15) is 37.3 Å². The number of aryl methyl sites for hydroxylation is 1. The Morgan fingerprint density at radius 3 is 2.82 bits per heavy atom. The fraction of sp³-hybridized carbons (Fsp3) is 0.412. The number of fused-ring (bicyclic) bond motifs is 4. The number of benzene rings is 1. The second-order valence-electron chi connectivity index (χ2n) is 6.32. The lowest BCUT2D eigenvalue weighted by molar-refractivity contribution is -0.125. The maximum atomic E-state index is 12.2. The molecule has 1 aliphatic carbocycles. The summed E-state index contributed by atoms with van der Waals surface area (Å²) in [5.41, 5.74) is 3.93. The number of hydrogen-bond donors (Lipinski definition) is 1. The van der Waals surface area contributed by atoms with Crippen LogP contribution in [0.2, 0.25) is 0 Å². The van der Waals surface area contributed by atoms with E-state index in [2.05, 4.69) is 17.4 Å². The number of carbonyl (C=O) groups is 2. The lowest BCUT2D eigenvalue weighted by atomic mass is 9.78. The first-order valence-electron chi connectivity index (χ1n) is 7.59. The average Bonchev–Trinajstić information content (AvgIpc) is 2.76.